The topological polar surface area (TPSA) is 29.5 Å². The summed E-state index contributed by atoms with van der Waals surface area (Å²) in [6.45, 7) is 12.9. The van der Waals surface area contributed by atoms with Crippen LogP contribution in [0.4, 0.5) is 0 Å². The third-order valence-corrected chi connectivity index (χ3v) is 6.79. The van der Waals surface area contributed by atoms with E-state index in [0.717, 1.165) is 16.9 Å². The predicted octanol–water partition coefficient (Wildman–Crippen LogP) is 7.88. The Bertz CT molecular complexity index is 975. The van der Waals surface area contributed by atoms with Gasteiger partial charge < -0.3 is 9.84 Å². The Hall–Kier alpha value is -2.39. The van der Waals surface area contributed by atoms with E-state index in [9.17, 15) is 5.11 Å². The number of ether oxygens (including phenoxy) is 1. The number of rotatable bonds is 5. The second kappa shape index (κ2) is 9.00. The number of phenolic OH excluding ortho intramolecular Hbond substituents is 1. The number of thioether (sulfide) groups is 1. The lowest BCUT2D eigenvalue weighted by Gasteiger charge is -2.30. The second-order valence-corrected chi connectivity index (χ2v) is 11.2. The van der Waals surface area contributed by atoms with Gasteiger partial charge in [0.25, 0.3) is 0 Å². The van der Waals surface area contributed by atoms with Crippen LogP contribution in [0.25, 0.3) is 0 Å². The summed E-state index contributed by atoms with van der Waals surface area (Å²) in [4.78, 5) is 1.21. The maximum absolute atomic E-state index is 11.2. The minimum absolute atomic E-state index is 0.0936. The fourth-order valence-electron chi connectivity index (χ4n) is 3.69. The molecular weight excluding hydrogens is 400 g/mol. The summed E-state index contributed by atoms with van der Waals surface area (Å²) in [7, 11) is 1.69. The van der Waals surface area contributed by atoms with Crippen molar-refractivity contribution in [3.8, 4) is 11.5 Å². The minimum Gasteiger partial charge on any atom is -0.507 e. The first kappa shape index (κ1) is 23.3. The number of methoxy groups -OCH3 is 1. The Labute approximate surface area is 191 Å². The Balaban J connectivity index is 2.21. The van der Waals surface area contributed by atoms with Gasteiger partial charge in [0.05, 0.1) is 12.4 Å². The highest BCUT2D eigenvalue weighted by atomic mass is 32.2. The predicted molar refractivity (Wildman–Crippen MR) is 133 cm³/mol. The van der Waals surface area contributed by atoms with Crippen molar-refractivity contribution in [2.75, 3.05) is 7.11 Å². The lowest BCUT2D eigenvalue weighted by atomic mass is 9.78. The summed E-state index contributed by atoms with van der Waals surface area (Å²) >= 11 is 1.83. The molecule has 0 saturated heterocycles. The molecule has 1 N–H and O–H groups in total. The lowest BCUT2D eigenvalue weighted by Crippen LogP contribution is -2.18. The van der Waals surface area contributed by atoms with Crippen LogP contribution in [0.5, 0.6) is 11.5 Å². The summed E-state index contributed by atoms with van der Waals surface area (Å²) in [5, 5.41) is 11.3. The van der Waals surface area contributed by atoms with Gasteiger partial charge in [0, 0.05) is 4.90 Å². The van der Waals surface area contributed by atoms with E-state index >= 15 is 0 Å². The largest absolute Gasteiger partial charge is 0.507 e. The molecule has 1 unspecified atom stereocenters. The molecule has 0 radical (unpaired) electrons. The Morgan fingerprint density at radius 2 is 1.26 bits per heavy atom. The highest BCUT2D eigenvalue weighted by Crippen LogP contribution is 2.46. The van der Waals surface area contributed by atoms with Crippen LogP contribution in [0.2, 0.25) is 0 Å². The van der Waals surface area contributed by atoms with Gasteiger partial charge in [0.1, 0.15) is 11.5 Å². The van der Waals surface area contributed by atoms with Crippen LogP contribution in [0.1, 0.15) is 69.0 Å². The molecule has 2 nitrogen and oxygen atoms in total. The molecule has 0 aliphatic heterocycles. The average molecular weight is 435 g/mol. The van der Waals surface area contributed by atoms with Crippen LogP contribution in [-0.4, -0.2) is 12.2 Å². The fourth-order valence-corrected chi connectivity index (χ4v) is 4.85. The zero-order valence-electron chi connectivity index (χ0n) is 19.7. The molecule has 0 bridgehead atoms. The van der Waals surface area contributed by atoms with Gasteiger partial charge in [-0.05, 0) is 57.3 Å². The van der Waals surface area contributed by atoms with Crippen LogP contribution in [0.3, 0.4) is 0 Å². The van der Waals surface area contributed by atoms with Crippen molar-refractivity contribution in [1.82, 2.24) is 0 Å². The van der Waals surface area contributed by atoms with Crippen LogP contribution in [0.15, 0.2) is 71.6 Å². The highest BCUT2D eigenvalue weighted by Gasteiger charge is 2.29. The van der Waals surface area contributed by atoms with Gasteiger partial charge in [-0.15, -0.1) is 11.8 Å². The summed E-state index contributed by atoms with van der Waals surface area (Å²) in [5.74, 6) is 1.27. The van der Waals surface area contributed by atoms with E-state index in [4.69, 9.17) is 4.74 Å². The van der Waals surface area contributed by atoms with Gasteiger partial charge in [-0.1, -0.05) is 84.0 Å². The molecule has 0 aliphatic rings. The average Bonchev–Trinajstić information content (AvgIpc) is 2.71. The molecular formula is C28H34O2S. The van der Waals surface area contributed by atoms with E-state index in [-0.39, 0.29) is 16.1 Å². The van der Waals surface area contributed by atoms with E-state index in [0.29, 0.717) is 5.75 Å². The molecule has 3 rings (SSSR count). The molecule has 0 amide bonds. The fraction of sp³-hybridized carbons (Fsp3) is 0.357. The van der Waals surface area contributed by atoms with Crippen molar-refractivity contribution in [2.24, 2.45) is 0 Å². The maximum atomic E-state index is 11.2. The van der Waals surface area contributed by atoms with Crippen LogP contribution >= 0.6 is 11.8 Å². The van der Waals surface area contributed by atoms with Gasteiger partial charge in [-0.25, -0.2) is 0 Å². The third-order valence-electron chi connectivity index (χ3n) is 5.47. The quantitative estimate of drug-likeness (QED) is 0.414. The molecule has 3 aromatic carbocycles. The van der Waals surface area contributed by atoms with Crippen molar-refractivity contribution in [2.45, 2.75) is 62.5 Å². The monoisotopic (exact) mass is 434 g/mol. The Morgan fingerprint density at radius 3 is 1.71 bits per heavy atom. The normalized spacial score (nSPS) is 13.1. The zero-order valence-corrected chi connectivity index (χ0v) is 20.5. The van der Waals surface area contributed by atoms with E-state index in [1.54, 1.807) is 7.11 Å². The van der Waals surface area contributed by atoms with Crippen LogP contribution < -0.4 is 4.74 Å². The molecule has 0 aliphatic carbocycles. The van der Waals surface area contributed by atoms with Gasteiger partial charge >= 0.3 is 0 Å². The standard InChI is InChI=1S/C28H34O2S/c1-27(2,3)23-17-20(18-24(25(23)29)28(4,5)6)26(31-22-11-9-8-10-12-22)19-13-15-21(30-7)16-14-19/h8-18,26,29H,1-7H3. The van der Waals surface area contributed by atoms with Gasteiger partial charge in [0.15, 0.2) is 0 Å². The molecule has 164 valence electrons. The Morgan fingerprint density at radius 1 is 0.742 bits per heavy atom. The summed E-state index contributed by atoms with van der Waals surface area (Å²) < 4.78 is 5.38. The van der Waals surface area contributed by atoms with Gasteiger partial charge in [0.2, 0.25) is 0 Å². The van der Waals surface area contributed by atoms with E-state index in [1.807, 2.05) is 30.0 Å². The maximum Gasteiger partial charge on any atom is 0.123 e. The minimum atomic E-state index is -0.165. The first-order valence-corrected chi connectivity index (χ1v) is 11.6. The van der Waals surface area contributed by atoms with Crippen molar-refractivity contribution in [3.63, 3.8) is 0 Å². The third kappa shape index (κ3) is 5.46. The molecule has 0 spiro atoms. The van der Waals surface area contributed by atoms with Crippen molar-refractivity contribution in [3.05, 3.63) is 89.0 Å². The zero-order chi connectivity index (χ0) is 22.8. The second-order valence-electron chi connectivity index (χ2n) is 10.0. The smallest absolute Gasteiger partial charge is 0.123 e. The molecule has 0 aromatic heterocycles. The summed E-state index contributed by atoms with van der Waals surface area (Å²) in [6, 6.07) is 23.2. The molecule has 0 heterocycles. The van der Waals surface area contributed by atoms with E-state index in [1.165, 1.54) is 16.0 Å². The highest BCUT2D eigenvalue weighted by molar-refractivity contribution is 7.99. The van der Waals surface area contributed by atoms with E-state index in [2.05, 4.69) is 90.1 Å². The number of hydrogen-bond donors (Lipinski definition) is 1. The molecule has 1 atom stereocenters. The van der Waals surface area contributed by atoms with Gasteiger partial charge in [-0.2, -0.15) is 0 Å². The van der Waals surface area contributed by atoms with Crippen LogP contribution in [-0.2, 0) is 10.8 Å². The molecule has 3 aromatic rings. The number of aromatic hydroxyl groups is 1. The van der Waals surface area contributed by atoms with Crippen molar-refractivity contribution < 1.29 is 9.84 Å². The molecule has 3 heteroatoms. The number of benzene rings is 3. The lowest BCUT2D eigenvalue weighted by molar-refractivity contribution is 0.414. The first-order valence-electron chi connectivity index (χ1n) is 10.7. The number of phenols is 1. The Kier molecular flexibility index (Phi) is 6.76. The summed E-state index contributed by atoms with van der Waals surface area (Å²) in [6.07, 6.45) is 0. The summed E-state index contributed by atoms with van der Waals surface area (Å²) in [5.41, 5.74) is 4.06. The first-order chi connectivity index (χ1) is 14.5. The SMILES string of the molecule is COc1ccc(C(Sc2ccccc2)c2cc(C(C)(C)C)c(O)c(C(C)(C)C)c2)cc1. The molecule has 0 fully saturated rings. The molecule has 31 heavy (non-hydrogen) atoms. The van der Waals surface area contributed by atoms with Crippen LogP contribution in [0, 0.1) is 0 Å². The van der Waals surface area contributed by atoms with Crippen molar-refractivity contribution in [1.29, 1.82) is 0 Å². The van der Waals surface area contributed by atoms with Crippen molar-refractivity contribution >= 4 is 11.8 Å². The van der Waals surface area contributed by atoms with Gasteiger partial charge in [-0.3, -0.25) is 0 Å². The molecule has 0 saturated carbocycles. The van der Waals surface area contributed by atoms with E-state index < -0.39 is 0 Å². The number of hydrogen-bond acceptors (Lipinski definition) is 3.